The predicted molar refractivity (Wildman–Crippen MR) is 70.5 cm³/mol. The molecule has 2 heterocycles. The van der Waals surface area contributed by atoms with Gasteiger partial charge in [0.2, 0.25) is 0 Å². The Morgan fingerprint density at radius 3 is 2.94 bits per heavy atom. The van der Waals surface area contributed by atoms with Crippen LogP contribution in [0.1, 0.15) is 13.8 Å². The van der Waals surface area contributed by atoms with Gasteiger partial charge in [-0.1, -0.05) is 0 Å². The van der Waals surface area contributed by atoms with Crippen LogP contribution in [-0.2, 0) is 0 Å². The summed E-state index contributed by atoms with van der Waals surface area (Å²) in [6, 6.07) is 2.60. The van der Waals surface area contributed by atoms with Gasteiger partial charge in [0.25, 0.3) is 0 Å². The normalized spacial score (nSPS) is 21.6. The van der Waals surface area contributed by atoms with E-state index < -0.39 is 0 Å². The largest absolute Gasteiger partial charge is 0.370 e. The molecule has 0 spiro atoms. The van der Waals surface area contributed by atoms with Crippen molar-refractivity contribution >= 4 is 11.6 Å². The number of aromatic nitrogens is 2. The first-order valence-corrected chi connectivity index (χ1v) is 6.21. The molecule has 1 aliphatic rings. The summed E-state index contributed by atoms with van der Waals surface area (Å²) >= 11 is 0. The Bertz CT molecular complexity index is 368. The number of piperazine rings is 1. The summed E-state index contributed by atoms with van der Waals surface area (Å²) in [4.78, 5) is 13.3. The Kier molecular flexibility index (Phi) is 3.78. The van der Waals surface area contributed by atoms with Crippen LogP contribution in [0.4, 0.5) is 11.6 Å². The molecule has 94 valence electrons. The third-order valence-corrected chi connectivity index (χ3v) is 3.29. The Morgan fingerprint density at radius 2 is 2.24 bits per heavy atom. The van der Waals surface area contributed by atoms with Crippen LogP contribution in [0, 0.1) is 0 Å². The maximum Gasteiger partial charge on any atom is 0.134 e. The van der Waals surface area contributed by atoms with Gasteiger partial charge in [0, 0.05) is 38.3 Å². The van der Waals surface area contributed by atoms with Crippen LogP contribution in [0.25, 0.3) is 0 Å². The molecule has 1 aliphatic heterocycles. The number of anilines is 2. The van der Waals surface area contributed by atoms with E-state index in [4.69, 9.17) is 0 Å². The minimum absolute atomic E-state index is 0.571. The highest BCUT2D eigenvalue weighted by atomic mass is 15.3. The van der Waals surface area contributed by atoms with E-state index >= 15 is 0 Å². The lowest BCUT2D eigenvalue weighted by Gasteiger charge is -2.38. The van der Waals surface area contributed by atoms with Gasteiger partial charge in [-0.05, 0) is 20.9 Å². The summed E-state index contributed by atoms with van der Waals surface area (Å²) in [5, 5.41) is 3.22. The summed E-state index contributed by atoms with van der Waals surface area (Å²) in [7, 11) is 2.17. The van der Waals surface area contributed by atoms with Gasteiger partial charge < -0.3 is 15.1 Å². The van der Waals surface area contributed by atoms with E-state index in [0.717, 1.165) is 37.8 Å². The van der Waals surface area contributed by atoms with Gasteiger partial charge in [-0.2, -0.15) is 0 Å². The summed E-state index contributed by atoms with van der Waals surface area (Å²) in [6.45, 7) is 8.35. The third kappa shape index (κ3) is 2.85. The molecule has 1 aromatic heterocycles. The topological polar surface area (TPSA) is 44.3 Å². The van der Waals surface area contributed by atoms with Crippen molar-refractivity contribution < 1.29 is 0 Å². The van der Waals surface area contributed by atoms with Gasteiger partial charge >= 0.3 is 0 Å². The van der Waals surface area contributed by atoms with E-state index in [2.05, 4.69) is 46.0 Å². The minimum atomic E-state index is 0.571. The molecule has 5 heteroatoms. The first-order valence-electron chi connectivity index (χ1n) is 6.21. The zero-order valence-corrected chi connectivity index (χ0v) is 10.8. The van der Waals surface area contributed by atoms with Crippen molar-refractivity contribution in [1.29, 1.82) is 0 Å². The Balaban J connectivity index is 2.09. The van der Waals surface area contributed by atoms with Gasteiger partial charge in [-0.3, -0.25) is 0 Å². The van der Waals surface area contributed by atoms with Gasteiger partial charge in [0.15, 0.2) is 0 Å². The number of rotatable bonds is 3. The van der Waals surface area contributed by atoms with Crippen molar-refractivity contribution in [1.82, 2.24) is 14.9 Å². The van der Waals surface area contributed by atoms with Crippen molar-refractivity contribution in [3.63, 3.8) is 0 Å². The summed E-state index contributed by atoms with van der Waals surface area (Å²) in [5.41, 5.74) is 0. The van der Waals surface area contributed by atoms with E-state index in [1.807, 2.05) is 6.07 Å². The lowest BCUT2D eigenvalue weighted by Crippen LogP contribution is -2.50. The molecule has 0 bridgehead atoms. The highest BCUT2D eigenvalue weighted by Gasteiger charge is 2.21. The molecular formula is C12H21N5. The fourth-order valence-electron chi connectivity index (χ4n) is 2.05. The first kappa shape index (κ1) is 12.1. The minimum Gasteiger partial charge on any atom is -0.370 e. The highest BCUT2D eigenvalue weighted by Crippen LogP contribution is 2.17. The molecule has 1 aromatic rings. The van der Waals surface area contributed by atoms with Gasteiger partial charge in [-0.25, -0.2) is 9.97 Å². The Morgan fingerprint density at radius 1 is 1.41 bits per heavy atom. The molecule has 0 radical (unpaired) electrons. The average Bonchev–Trinajstić information content (AvgIpc) is 2.33. The summed E-state index contributed by atoms with van der Waals surface area (Å²) in [6.07, 6.45) is 1.64. The fraction of sp³-hybridized carbons (Fsp3) is 0.667. The van der Waals surface area contributed by atoms with E-state index in [1.165, 1.54) is 0 Å². The fourth-order valence-corrected chi connectivity index (χ4v) is 2.05. The Hall–Kier alpha value is -1.36. The molecule has 17 heavy (non-hydrogen) atoms. The van der Waals surface area contributed by atoms with E-state index in [1.54, 1.807) is 6.33 Å². The summed E-state index contributed by atoms with van der Waals surface area (Å²) in [5.74, 6) is 1.93. The van der Waals surface area contributed by atoms with Gasteiger partial charge in [0.05, 0.1) is 0 Å². The second kappa shape index (κ2) is 5.31. The van der Waals surface area contributed by atoms with Crippen molar-refractivity contribution in [3.05, 3.63) is 12.4 Å². The molecule has 5 nitrogen and oxygen atoms in total. The first-order chi connectivity index (χ1) is 8.20. The van der Waals surface area contributed by atoms with Crippen LogP contribution in [0.15, 0.2) is 12.4 Å². The third-order valence-electron chi connectivity index (χ3n) is 3.29. The standard InChI is InChI=1S/C12H21N5/c1-4-13-11-7-12(15-9-14-11)17-6-5-16(3)10(2)8-17/h7,9-10H,4-6,8H2,1-3H3,(H,13,14,15). The Labute approximate surface area is 103 Å². The van der Waals surface area contributed by atoms with Crippen LogP contribution < -0.4 is 10.2 Å². The molecule has 1 unspecified atom stereocenters. The molecule has 1 N–H and O–H groups in total. The highest BCUT2D eigenvalue weighted by molar-refractivity contribution is 5.48. The molecule has 0 aromatic carbocycles. The molecule has 1 saturated heterocycles. The molecular weight excluding hydrogens is 214 g/mol. The molecule has 0 amide bonds. The second-order valence-electron chi connectivity index (χ2n) is 4.57. The number of nitrogens with one attached hydrogen (secondary N) is 1. The van der Waals surface area contributed by atoms with Crippen LogP contribution in [0.3, 0.4) is 0 Å². The smallest absolute Gasteiger partial charge is 0.134 e. The molecule has 0 saturated carbocycles. The SMILES string of the molecule is CCNc1cc(N2CCN(C)C(C)C2)ncn1. The molecule has 1 fully saturated rings. The van der Waals surface area contributed by atoms with Crippen molar-refractivity contribution in [2.45, 2.75) is 19.9 Å². The molecule has 1 atom stereocenters. The van der Waals surface area contributed by atoms with Crippen molar-refractivity contribution in [2.24, 2.45) is 0 Å². The number of nitrogens with zero attached hydrogens (tertiary/aromatic N) is 4. The van der Waals surface area contributed by atoms with Crippen LogP contribution in [-0.4, -0.2) is 54.1 Å². The average molecular weight is 235 g/mol. The van der Waals surface area contributed by atoms with Gasteiger partial charge in [0.1, 0.15) is 18.0 Å². The zero-order valence-electron chi connectivity index (χ0n) is 10.8. The van der Waals surface area contributed by atoms with E-state index in [9.17, 15) is 0 Å². The number of hydrogen-bond donors (Lipinski definition) is 1. The van der Waals surface area contributed by atoms with E-state index in [-0.39, 0.29) is 0 Å². The molecule has 0 aliphatic carbocycles. The number of likely N-dealkylation sites (N-methyl/N-ethyl adjacent to an activating group) is 1. The molecule has 2 rings (SSSR count). The zero-order chi connectivity index (χ0) is 12.3. The number of hydrogen-bond acceptors (Lipinski definition) is 5. The van der Waals surface area contributed by atoms with Crippen LogP contribution >= 0.6 is 0 Å². The maximum absolute atomic E-state index is 4.36. The van der Waals surface area contributed by atoms with Gasteiger partial charge in [-0.15, -0.1) is 0 Å². The lowest BCUT2D eigenvalue weighted by molar-refractivity contribution is 0.233. The lowest BCUT2D eigenvalue weighted by atomic mass is 10.2. The van der Waals surface area contributed by atoms with Crippen LogP contribution in [0.2, 0.25) is 0 Å². The predicted octanol–water partition coefficient (Wildman–Crippen LogP) is 1.05. The van der Waals surface area contributed by atoms with E-state index in [0.29, 0.717) is 6.04 Å². The quantitative estimate of drug-likeness (QED) is 0.848. The summed E-state index contributed by atoms with van der Waals surface area (Å²) < 4.78 is 0. The van der Waals surface area contributed by atoms with Crippen molar-refractivity contribution in [3.8, 4) is 0 Å². The second-order valence-corrected chi connectivity index (χ2v) is 4.57. The van der Waals surface area contributed by atoms with Crippen LogP contribution in [0.5, 0.6) is 0 Å². The van der Waals surface area contributed by atoms with Crippen molar-refractivity contribution in [2.75, 3.05) is 43.4 Å². The monoisotopic (exact) mass is 235 g/mol. The maximum atomic E-state index is 4.36.